The summed E-state index contributed by atoms with van der Waals surface area (Å²) in [5, 5.41) is 2.67. The quantitative estimate of drug-likeness (QED) is 0.596. The van der Waals surface area contributed by atoms with E-state index in [-0.39, 0.29) is 12.1 Å². The number of amides is 1. The van der Waals surface area contributed by atoms with Crippen molar-refractivity contribution in [3.63, 3.8) is 0 Å². The third-order valence-electron chi connectivity index (χ3n) is 1.97. The Morgan fingerprint density at radius 1 is 1.55 bits per heavy atom. The second kappa shape index (κ2) is 3.72. The van der Waals surface area contributed by atoms with Crippen LogP contribution in [0, 0.1) is 0 Å². The van der Waals surface area contributed by atoms with Gasteiger partial charge in [0.2, 0.25) is 6.41 Å². The maximum atomic E-state index is 10.1. The predicted molar refractivity (Wildman–Crippen MR) is 42.2 cm³/mol. The minimum absolute atomic E-state index is 0.119. The molecule has 1 amide bonds. The molecular weight excluding hydrogens is 142 g/mol. The molecule has 1 N–H and O–H groups in total. The van der Waals surface area contributed by atoms with Crippen LogP contribution in [0.25, 0.3) is 0 Å². The van der Waals surface area contributed by atoms with Crippen molar-refractivity contribution >= 4 is 6.41 Å². The second-order valence-corrected chi connectivity index (χ2v) is 3.11. The average molecular weight is 157 g/mol. The fourth-order valence-electron chi connectivity index (χ4n) is 0.868. The number of hydrogen-bond donors (Lipinski definition) is 1. The van der Waals surface area contributed by atoms with Gasteiger partial charge in [0.1, 0.15) is 0 Å². The number of rotatable bonds is 5. The Morgan fingerprint density at radius 3 is 2.64 bits per heavy atom. The Bertz CT molecular complexity index is 134. The Hall–Kier alpha value is -0.570. The van der Waals surface area contributed by atoms with E-state index in [4.69, 9.17) is 4.74 Å². The highest BCUT2D eigenvalue weighted by Gasteiger charge is 2.26. The lowest BCUT2D eigenvalue weighted by Crippen LogP contribution is -2.36. The minimum atomic E-state index is 0.119. The predicted octanol–water partition coefficient (Wildman–Crippen LogP) is 0.688. The van der Waals surface area contributed by atoms with Crippen LogP contribution in [-0.4, -0.2) is 24.7 Å². The molecule has 1 fully saturated rings. The Labute approximate surface area is 67.1 Å². The minimum Gasteiger partial charge on any atom is -0.373 e. The summed E-state index contributed by atoms with van der Waals surface area (Å²) in [6.45, 7) is 3.93. The van der Waals surface area contributed by atoms with Gasteiger partial charge in [-0.2, -0.15) is 0 Å². The SMILES string of the molecule is CC(NC=O)C(C)OC1CC1. The summed E-state index contributed by atoms with van der Waals surface area (Å²) in [5.74, 6) is 0. The first-order valence-electron chi connectivity index (χ1n) is 4.09. The lowest BCUT2D eigenvalue weighted by Gasteiger charge is -2.19. The van der Waals surface area contributed by atoms with E-state index in [0.29, 0.717) is 6.10 Å². The second-order valence-electron chi connectivity index (χ2n) is 3.11. The third-order valence-corrected chi connectivity index (χ3v) is 1.97. The molecule has 1 rings (SSSR count). The fourth-order valence-corrected chi connectivity index (χ4v) is 0.868. The molecule has 0 aromatic heterocycles. The van der Waals surface area contributed by atoms with Gasteiger partial charge in [-0.05, 0) is 26.7 Å². The number of hydrogen-bond acceptors (Lipinski definition) is 2. The van der Waals surface area contributed by atoms with Crippen molar-refractivity contribution in [3.05, 3.63) is 0 Å². The normalized spacial score (nSPS) is 22.4. The van der Waals surface area contributed by atoms with Crippen LogP contribution in [0.2, 0.25) is 0 Å². The highest BCUT2D eigenvalue weighted by molar-refractivity contribution is 5.46. The lowest BCUT2D eigenvalue weighted by molar-refractivity contribution is -0.111. The summed E-state index contributed by atoms with van der Waals surface area (Å²) in [6, 6.07) is 0.119. The van der Waals surface area contributed by atoms with Gasteiger partial charge in [0.25, 0.3) is 0 Å². The first kappa shape index (κ1) is 8.53. The first-order valence-corrected chi connectivity index (χ1v) is 4.09. The molecule has 11 heavy (non-hydrogen) atoms. The molecule has 0 spiro atoms. The molecule has 1 aliphatic carbocycles. The third kappa shape index (κ3) is 2.89. The van der Waals surface area contributed by atoms with E-state index >= 15 is 0 Å². The molecule has 0 heterocycles. The smallest absolute Gasteiger partial charge is 0.207 e. The summed E-state index contributed by atoms with van der Waals surface area (Å²) in [6.07, 6.45) is 3.67. The van der Waals surface area contributed by atoms with Gasteiger partial charge in [-0.15, -0.1) is 0 Å². The molecular formula is C8H15NO2. The highest BCUT2D eigenvalue weighted by atomic mass is 16.5. The van der Waals surface area contributed by atoms with Crippen molar-refractivity contribution < 1.29 is 9.53 Å². The van der Waals surface area contributed by atoms with Crippen LogP contribution in [0.4, 0.5) is 0 Å². The summed E-state index contributed by atoms with van der Waals surface area (Å²) < 4.78 is 5.55. The van der Waals surface area contributed by atoms with E-state index < -0.39 is 0 Å². The monoisotopic (exact) mass is 157 g/mol. The number of carbonyl (C=O) groups is 1. The maximum Gasteiger partial charge on any atom is 0.207 e. The van der Waals surface area contributed by atoms with E-state index in [1.807, 2.05) is 13.8 Å². The topological polar surface area (TPSA) is 38.3 Å². The summed E-state index contributed by atoms with van der Waals surface area (Å²) in [4.78, 5) is 10.1. The van der Waals surface area contributed by atoms with E-state index in [2.05, 4.69) is 5.32 Å². The summed E-state index contributed by atoms with van der Waals surface area (Å²) in [5.41, 5.74) is 0. The summed E-state index contributed by atoms with van der Waals surface area (Å²) in [7, 11) is 0. The van der Waals surface area contributed by atoms with Crippen molar-refractivity contribution in [2.45, 2.75) is 44.9 Å². The number of nitrogens with one attached hydrogen (secondary N) is 1. The van der Waals surface area contributed by atoms with Gasteiger partial charge in [-0.25, -0.2) is 0 Å². The zero-order valence-electron chi connectivity index (χ0n) is 7.04. The van der Waals surface area contributed by atoms with Crippen LogP contribution in [0.3, 0.4) is 0 Å². The average Bonchev–Trinajstić information content (AvgIpc) is 2.72. The van der Waals surface area contributed by atoms with Crippen LogP contribution in [0.15, 0.2) is 0 Å². The molecule has 0 bridgehead atoms. The van der Waals surface area contributed by atoms with Gasteiger partial charge in [0.15, 0.2) is 0 Å². The number of ether oxygens (including phenoxy) is 1. The van der Waals surface area contributed by atoms with Crippen molar-refractivity contribution in [1.82, 2.24) is 5.32 Å². The van der Waals surface area contributed by atoms with Gasteiger partial charge in [0, 0.05) is 0 Å². The van der Waals surface area contributed by atoms with E-state index in [9.17, 15) is 4.79 Å². The van der Waals surface area contributed by atoms with Crippen LogP contribution < -0.4 is 5.32 Å². The fraction of sp³-hybridized carbons (Fsp3) is 0.875. The lowest BCUT2D eigenvalue weighted by atomic mass is 10.2. The van der Waals surface area contributed by atoms with Crippen molar-refractivity contribution in [2.24, 2.45) is 0 Å². The summed E-state index contributed by atoms with van der Waals surface area (Å²) >= 11 is 0. The molecule has 2 unspecified atom stereocenters. The van der Waals surface area contributed by atoms with Gasteiger partial charge < -0.3 is 10.1 Å². The first-order chi connectivity index (χ1) is 5.24. The molecule has 1 saturated carbocycles. The molecule has 0 aromatic carbocycles. The Balaban J connectivity index is 2.14. The van der Waals surface area contributed by atoms with Crippen LogP contribution in [0.5, 0.6) is 0 Å². The molecule has 0 radical (unpaired) electrons. The van der Waals surface area contributed by atoms with E-state index in [0.717, 1.165) is 6.41 Å². The van der Waals surface area contributed by atoms with Gasteiger partial charge in [-0.1, -0.05) is 0 Å². The molecule has 0 aromatic rings. The molecule has 1 aliphatic rings. The standard InChI is InChI=1S/C8H15NO2/c1-6(9-5-10)7(2)11-8-3-4-8/h5-8H,3-4H2,1-2H3,(H,9,10). The van der Waals surface area contributed by atoms with Crippen molar-refractivity contribution in [1.29, 1.82) is 0 Å². The maximum absolute atomic E-state index is 10.1. The van der Waals surface area contributed by atoms with E-state index in [1.165, 1.54) is 12.8 Å². The Morgan fingerprint density at radius 2 is 2.18 bits per heavy atom. The van der Waals surface area contributed by atoms with Crippen LogP contribution in [-0.2, 0) is 9.53 Å². The Kier molecular flexibility index (Phi) is 2.88. The number of carbonyl (C=O) groups excluding carboxylic acids is 1. The van der Waals surface area contributed by atoms with Gasteiger partial charge >= 0.3 is 0 Å². The van der Waals surface area contributed by atoms with Crippen LogP contribution >= 0.6 is 0 Å². The highest BCUT2D eigenvalue weighted by Crippen LogP contribution is 2.25. The van der Waals surface area contributed by atoms with Crippen molar-refractivity contribution in [2.75, 3.05) is 0 Å². The molecule has 3 nitrogen and oxygen atoms in total. The molecule has 3 heteroatoms. The zero-order valence-corrected chi connectivity index (χ0v) is 7.04. The van der Waals surface area contributed by atoms with Crippen LogP contribution in [0.1, 0.15) is 26.7 Å². The van der Waals surface area contributed by atoms with Gasteiger partial charge in [0.05, 0.1) is 18.2 Å². The largest absolute Gasteiger partial charge is 0.373 e. The molecule has 0 aliphatic heterocycles. The zero-order chi connectivity index (χ0) is 8.27. The molecule has 2 atom stereocenters. The van der Waals surface area contributed by atoms with Gasteiger partial charge in [-0.3, -0.25) is 4.79 Å². The molecule has 0 saturated heterocycles. The van der Waals surface area contributed by atoms with E-state index in [1.54, 1.807) is 0 Å². The molecule has 64 valence electrons. The van der Waals surface area contributed by atoms with Crippen molar-refractivity contribution in [3.8, 4) is 0 Å².